The van der Waals surface area contributed by atoms with Gasteiger partial charge in [0.25, 0.3) is 0 Å². The summed E-state index contributed by atoms with van der Waals surface area (Å²) in [6.45, 7) is 6.27. The van der Waals surface area contributed by atoms with Crippen LogP contribution in [0, 0.1) is 0 Å². The predicted molar refractivity (Wildman–Crippen MR) is 69.1 cm³/mol. The Labute approximate surface area is 104 Å². The van der Waals surface area contributed by atoms with Crippen molar-refractivity contribution >= 4 is 34.1 Å². The first-order valence-electron chi connectivity index (χ1n) is 5.45. The van der Waals surface area contributed by atoms with Crippen molar-refractivity contribution in [1.82, 2.24) is 10.2 Å². The van der Waals surface area contributed by atoms with E-state index in [0.29, 0.717) is 16.8 Å². The molecule has 0 radical (unpaired) electrons. The van der Waals surface area contributed by atoms with Crippen LogP contribution < -0.4 is 5.32 Å². The SMILES string of the molecule is CCCC(=O)Nc1nnc(SC(C)CC)s1. The highest BCUT2D eigenvalue weighted by molar-refractivity contribution is 8.01. The van der Waals surface area contributed by atoms with Gasteiger partial charge >= 0.3 is 0 Å². The Kier molecular flexibility index (Phi) is 5.76. The van der Waals surface area contributed by atoms with Gasteiger partial charge in [-0.3, -0.25) is 4.79 Å². The van der Waals surface area contributed by atoms with Gasteiger partial charge in [0.1, 0.15) is 0 Å². The molecule has 1 aromatic rings. The standard InChI is InChI=1S/C10H17N3OS2/c1-4-6-8(14)11-9-12-13-10(16-9)15-7(3)5-2/h7H,4-6H2,1-3H3,(H,11,12,14). The third-order valence-electron chi connectivity index (χ3n) is 2.01. The Bertz CT molecular complexity index is 341. The first kappa shape index (κ1) is 13.4. The number of rotatable bonds is 6. The Morgan fingerprint density at radius 3 is 2.88 bits per heavy atom. The summed E-state index contributed by atoms with van der Waals surface area (Å²) in [4.78, 5) is 11.3. The van der Waals surface area contributed by atoms with Crippen LogP contribution in [0.5, 0.6) is 0 Å². The molecule has 0 spiro atoms. The average molecular weight is 259 g/mol. The molecule has 0 saturated heterocycles. The highest BCUT2D eigenvalue weighted by Gasteiger charge is 2.10. The van der Waals surface area contributed by atoms with Gasteiger partial charge in [0, 0.05) is 11.7 Å². The monoisotopic (exact) mass is 259 g/mol. The van der Waals surface area contributed by atoms with Gasteiger partial charge in [-0.05, 0) is 12.8 Å². The summed E-state index contributed by atoms with van der Waals surface area (Å²) in [5.41, 5.74) is 0. The van der Waals surface area contributed by atoms with Gasteiger partial charge in [0.2, 0.25) is 11.0 Å². The third-order valence-corrected chi connectivity index (χ3v) is 4.20. The average Bonchev–Trinajstić information content (AvgIpc) is 2.65. The Morgan fingerprint density at radius 1 is 1.50 bits per heavy atom. The van der Waals surface area contributed by atoms with Crippen LogP contribution in [0.3, 0.4) is 0 Å². The van der Waals surface area contributed by atoms with E-state index >= 15 is 0 Å². The number of carbonyl (C=O) groups excluding carboxylic acids is 1. The molecule has 90 valence electrons. The van der Waals surface area contributed by atoms with E-state index in [1.54, 1.807) is 11.8 Å². The minimum Gasteiger partial charge on any atom is -0.301 e. The number of nitrogens with zero attached hydrogens (tertiary/aromatic N) is 2. The van der Waals surface area contributed by atoms with Crippen LogP contribution >= 0.6 is 23.1 Å². The van der Waals surface area contributed by atoms with Crippen LogP contribution in [0.2, 0.25) is 0 Å². The molecule has 0 saturated carbocycles. The maximum Gasteiger partial charge on any atom is 0.226 e. The van der Waals surface area contributed by atoms with Gasteiger partial charge in [0.15, 0.2) is 4.34 Å². The molecule has 0 aliphatic carbocycles. The number of aromatic nitrogens is 2. The van der Waals surface area contributed by atoms with E-state index < -0.39 is 0 Å². The lowest BCUT2D eigenvalue weighted by Crippen LogP contribution is -2.10. The molecule has 1 atom stereocenters. The molecular formula is C10H17N3OS2. The third kappa shape index (κ3) is 4.49. The summed E-state index contributed by atoms with van der Waals surface area (Å²) in [7, 11) is 0. The Balaban J connectivity index is 2.48. The van der Waals surface area contributed by atoms with Crippen LogP contribution in [0.4, 0.5) is 5.13 Å². The Hall–Kier alpha value is -0.620. The molecule has 0 bridgehead atoms. The first-order chi connectivity index (χ1) is 7.65. The molecule has 1 N–H and O–H groups in total. The fourth-order valence-electron chi connectivity index (χ4n) is 0.972. The molecule has 1 rings (SSSR count). The van der Waals surface area contributed by atoms with Crippen molar-refractivity contribution in [2.24, 2.45) is 0 Å². The number of amides is 1. The lowest BCUT2D eigenvalue weighted by atomic mass is 10.3. The largest absolute Gasteiger partial charge is 0.301 e. The maximum atomic E-state index is 11.3. The summed E-state index contributed by atoms with van der Waals surface area (Å²) in [6, 6.07) is 0. The minimum absolute atomic E-state index is 0.0127. The molecule has 0 aromatic carbocycles. The molecule has 4 nitrogen and oxygen atoms in total. The number of hydrogen-bond donors (Lipinski definition) is 1. The van der Waals surface area contributed by atoms with Gasteiger partial charge in [0.05, 0.1) is 0 Å². The molecule has 0 aliphatic heterocycles. The molecular weight excluding hydrogens is 242 g/mol. The number of hydrogen-bond acceptors (Lipinski definition) is 5. The minimum atomic E-state index is 0.0127. The van der Waals surface area contributed by atoms with Crippen LogP contribution in [0.15, 0.2) is 4.34 Å². The van der Waals surface area contributed by atoms with Crippen molar-refractivity contribution in [2.75, 3.05) is 5.32 Å². The van der Waals surface area contributed by atoms with Crippen LogP contribution in [0.1, 0.15) is 40.0 Å². The van der Waals surface area contributed by atoms with Crippen molar-refractivity contribution in [2.45, 2.75) is 49.6 Å². The fourth-order valence-corrected chi connectivity index (χ4v) is 2.99. The highest BCUT2D eigenvalue weighted by Crippen LogP contribution is 2.29. The van der Waals surface area contributed by atoms with E-state index in [1.165, 1.54) is 11.3 Å². The number of nitrogens with one attached hydrogen (secondary N) is 1. The molecule has 1 unspecified atom stereocenters. The van der Waals surface area contributed by atoms with Crippen molar-refractivity contribution in [1.29, 1.82) is 0 Å². The normalized spacial score (nSPS) is 12.4. The molecule has 0 aliphatic rings. The second-order valence-electron chi connectivity index (χ2n) is 3.51. The predicted octanol–water partition coefficient (Wildman–Crippen LogP) is 3.17. The molecule has 0 fully saturated rings. The number of anilines is 1. The van der Waals surface area contributed by atoms with Gasteiger partial charge in [-0.1, -0.05) is 43.9 Å². The molecule has 1 heterocycles. The zero-order valence-corrected chi connectivity index (χ0v) is 11.5. The van der Waals surface area contributed by atoms with Gasteiger partial charge in [-0.2, -0.15) is 0 Å². The lowest BCUT2D eigenvalue weighted by Gasteiger charge is -2.02. The van der Waals surface area contributed by atoms with Gasteiger partial charge in [-0.15, -0.1) is 10.2 Å². The summed E-state index contributed by atoms with van der Waals surface area (Å²) < 4.78 is 0.918. The molecule has 16 heavy (non-hydrogen) atoms. The summed E-state index contributed by atoms with van der Waals surface area (Å²) >= 11 is 3.14. The second-order valence-corrected chi connectivity index (χ2v) is 6.17. The quantitative estimate of drug-likeness (QED) is 0.630. The van der Waals surface area contributed by atoms with Crippen molar-refractivity contribution in [3.05, 3.63) is 0 Å². The Morgan fingerprint density at radius 2 is 2.25 bits per heavy atom. The maximum absolute atomic E-state index is 11.3. The topological polar surface area (TPSA) is 54.9 Å². The van der Waals surface area contributed by atoms with E-state index in [0.717, 1.165) is 17.2 Å². The van der Waals surface area contributed by atoms with E-state index in [2.05, 4.69) is 29.4 Å². The van der Waals surface area contributed by atoms with E-state index in [4.69, 9.17) is 0 Å². The van der Waals surface area contributed by atoms with E-state index in [9.17, 15) is 4.79 Å². The summed E-state index contributed by atoms with van der Waals surface area (Å²) in [6.07, 6.45) is 2.48. The highest BCUT2D eigenvalue weighted by atomic mass is 32.2. The summed E-state index contributed by atoms with van der Waals surface area (Å²) in [5.74, 6) is 0.0127. The zero-order valence-electron chi connectivity index (χ0n) is 9.82. The van der Waals surface area contributed by atoms with Crippen LogP contribution in [-0.4, -0.2) is 21.4 Å². The smallest absolute Gasteiger partial charge is 0.226 e. The van der Waals surface area contributed by atoms with Crippen LogP contribution in [0.25, 0.3) is 0 Å². The lowest BCUT2D eigenvalue weighted by molar-refractivity contribution is -0.116. The van der Waals surface area contributed by atoms with Crippen molar-refractivity contribution < 1.29 is 4.79 Å². The van der Waals surface area contributed by atoms with Crippen molar-refractivity contribution in [3.8, 4) is 0 Å². The van der Waals surface area contributed by atoms with E-state index in [-0.39, 0.29) is 5.91 Å². The summed E-state index contributed by atoms with van der Waals surface area (Å²) in [5, 5.41) is 11.9. The fraction of sp³-hybridized carbons (Fsp3) is 0.700. The van der Waals surface area contributed by atoms with Gasteiger partial charge in [-0.25, -0.2) is 0 Å². The molecule has 1 amide bonds. The van der Waals surface area contributed by atoms with Crippen molar-refractivity contribution in [3.63, 3.8) is 0 Å². The molecule has 6 heteroatoms. The second kappa shape index (κ2) is 6.85. The van der Waals surface area contributed by atoms with E-state index in [1.807, 2.05) is 6.92 Å². The first-order valence-corrected chi connectivity index (χ1v) is 7.15. The molecule has 1 aromatic heterocycles. The van der Waals surface area contributed by atoms with Crippen LogP contribution in [-0.2, 0) is 4.79 Å². The van der Waals surface area contributed by atoms with Gasteiger partial charge < -0.3 is 5.32 Å². The number of thioether (sulfide) groups is 1. The number of carbonyl (C=O) groups is 1. The zero-order chi connectivity index (χ0) is 12.0.